The predicted octanol–water partition coefficient (Wildman–Crippen LogP) is 5.15. The van der Waals surface area contributed by atoms with E-state index in [2.05, 4.69) is 44.8 Å². The summed E-state index contributed by atoms with van der Waals surface area (Å²) in [7, 11) is 0. The highest BCUT2D eigenvalue weighted by Crippen LogP contribution is 2.10. The Hall–Kier alpha value is -2.54. The molecular weight excluding hydrogens is 242 g/mol. The molecule has 0 aromatic rings. The zero-order valence-corrected chi connectivity index (χ0v) is 12.3. The topological polar surface area (TPSA) is 12.0 Å². The van der Waals surface area contributed by atoms with Crippen LogP contribution in [0.15, 0.2) is 110 Å². The maximum Gasteiger partial charge on any atom is 0.0311 e. The smallest absolute Gasteiger partial charge is 0.0311 e. The minimum Gasteiger partial charge on any atom is -0.356 e. The average Bonchev–Trinajstić information content (AvgIpc) is 2.39. The minimum atomic E-state index is 0.724. The van der Waals surface area contributed by atoms with Crippen LogP contribution in [-0.4, -0.2) is 0 Å². The maximum absolute atomic E-state index is 3.95. The van der Waals surface area contributed by atoms with Gasteiger partial charge in [-0.3, -0.25) is 0 Å². The van der Waals surface area contributed by atoms with E-state index in [9.17, 15) is 0 Å². The molecule has 0 rings (SSSR count). The maximum atomic E-state index is 3.95. The number of hydrogen-bond donors (Lipinski definition) is 1. The van der Waals surface area contributed by atoms with Gasteiger partial charge < -0.3 is 5.32 Å². The largest absolute Gasteiger partial charge is 0.356 e. The molecule has 0 aromatic heterocycles. The quantitative estimate of drug-likeness (QED) is 0.569. The van der Waals surface area contributed by atoms with Crippen molar-refractivity contribution in [2.75, 3.05) is 0 Å². The summed E-state index contributed by atoms with van der Waals surface area (Å²) >= 11 is 0. The average molecular weight is 265 g/mol. The summed E-state index contributed by atoms with van der Waals surface area (Å²) in [5.74, 6) is 0. The Bertz CT molecular complexity index is 522. The Labute approximate surface area is 123 Å². The summed E-state index contributed by atoms with van der Waals surface area (Å²) in [6.07, 6.45) is 12.8. The van der Waals surface area contributed by atoms with Crippen LogP contribution in [0.4, 0.5) is 0 Å². The summed E-state index contributed by atoms with van der Waals surface area (Å²) in [6.45, 7) is 24.9. The molecule has 0 aliphatic carbocycles. The molecule has 0 bridgehead atoms. The van der Waals surface area contributed by atoms with E-state index < -0.39 is 0 Å². The molecule has 0 atom stereocenters. The van der Waals surface area contributed by atoms with Gasteiger partial charge in [0.25, 0.3) is 0 Å². The SMILES string of the molecule is C=C/C=C\C(=C)NC(=C)/C=C\C(=C)C(=C)/C=C\C(=C)C. The second kappa shape index (κ2) is 9.40. The zero-order chi connectivity index (χ0) is 15.5. The molecule has 104 valence electrons. The fourth-order valence-corrected chi connectivity index (χ4v) is 1.13. The van der Waals surface area contributed by atoms with Crippen molar-refractivity contribution in [1.82, 2.24) is 5.32 Å². The number of allylic oxidation sites excluding steroid dienone is 10. The highest BCUT2D eigenvalue weighted by molar-refractivity contribution is 5.45. The molecule has 20 heavy (non-hydrogen) atoms. The summed E-state index contributed by atoms with van der Waals surface area (Å²) in [5.41, 5.74) is 4.09. The fraction of sp³-hybridized carbons (Fsp3) is 0.0526. The van der Waals surface area contributed by atoms with Crippen LogP contribution in [0, 0.1) is 0 Å². The first-order valence-electron chi connectivity index (χ1n) is 6.20. The minimum absolute atomic E-state index is 0.724. The van der Waals surface area contributed by atoms with Gasteiger partial charge in [0.1, 0.15) is 0 Å². The van der Waals surface area contributed by atoms with Crippen LogP contribution in [0.2, 0.25) is 0 Å². The van der Waals surface area contributed by atoms with Gasteiger partial charge in [0.2, 0.25) is 0 Å². The molecule has 0 heterocycles. The molecule has 0 aliphatic heterocycles. The first-order chi connectivity index (χ1) is 9.36. The third-order valence-corrected chi connectivity index (χ3v) is 2.22. The van der Waals surface area contributed by atoms with Crippen molar-refractivity contribution >= 4 is 0 Å². The van der Waals surface area contributed by atoms with E-state index in [1.807, 2.05) is 37.3 Å². The second-order valence-electron chi connectivity index (χ2n) is 4.33. The molecule has 0 fully saturated rings. The van der Waals surface area contributed by atoms with Gasteiger partial charge in [0.05, 0.1) is 0 Å². The molecule has 1 N–H and O–H groups in total. The molecule has 0 radical (unpaired) electrons. The molecular formula is C19H23N. The molecule has 0 spiro atoms. The normalized spacial score (nSPS) is 10.8. The predicted molar refractivity (Wildman–Crippen MR) is 92.1 cm³/mol. The van der Waals surface area contributed by atoms with E-state index >= 15 is 0 Å². The van der Waals surface area contributed by atoms with E-state index in [1.54, 1.807) is 12.2 Å². The summed E-state index contributed by atoms with van der Waals surface area (Å²) in [6, 6.07) is 0. The second-order valence-corrected chi connectivity index (χ2v) is 4.33. The van der Waals surface area contributed by atoms with Crippen molar-refractivity contribution < 1.29 is 0 Å². The molecule has 0 saturated carbocycles. The van der Waals surface area contributed by atoms with E-state index in [4.69, 9.17) is 0 Å². The molecule has 1 heteroatoms. The van der Waals surface area contributed by atoms with Crippen LogP contribution >= 0.6 is 0 Å². The first-order valence-corrected chi connectivity index (χ1v) is 6.20. The number of nitrogens with one attached hydrogen (secondary N) is 1. The van der Waals surface area contributed by atoms with Gasteiger partial charge in [-0.2, -0.15) is 0 Å². The van der Waals surface area contributed by atoms with Crippen molar-refractivity contribution in [2.24, 2.45) is 0 Å². The van der Waals surface area contributed by atoms with Crippen LogP contribution in [0.3, 0.4) is 0 Å². The third kappa shape index (κ3) is 8.54. The van der Waals surface area contributed by atoms with Gasteiger partial charge in [-0.1, -0.05) is 75.4 Å². The van der Waals surface area contributed by atoms with Crippen molar-refractivity contribution in [3.05, 3.63) is 110 Å². The van der Waals surface area contributed by atoms with Gasteiger partial charge in [-0.15, -0.1) is 0 Å². The van der Waals surface area contributed by atoms with Gasteiger partial charge >= 0.3 is 0 Å². The summed E-state index contributed by atoms with van der Waals surface area (Å²) in [4.78, 5) is 0. The van der Waals surface area contributed by atoms with Crippen LogP contribution in [-0.2, 0) is 0 Å². The van der Waals surface area contributed by atoms with Crippen LogP contribution in [0.5, 0.6) is 0 Å². The van der Waals surface area contributed by atoms with Crippen molar-refractivity contribution in [1.29, 1.82) is 0 Å². The van der Waals surface area contributed by atoms with Crippen LogP contribution in [0.1, 0.15) is 6.92 Å². The lowest BCUT2D eigenvalue weighted by Gasteiger charge is -2.05. The van der Waals surface area contributed by atoms with Gasteiger partial charge in [-0.25, -0.2) is 0 Å². The monoisotopic (exact) mass is 265 g/mol. The van der Waals surface area contributed by atoms with Crippen LogP contribution < -0.4 is 5.32 Å². The Morgan fingerprint density at radius 2 is 1.25 bits per heavy atom. The molecule has 0 amide bonds. The van der Waals surface area contributed by atoms with Gasteiger partial charge in [-0.05, 0) is 30.2 Å². The van der Waals surface area contributed by atoms with E-state index in [0.29, 0.717) is 0 Å². The van der Waals surface area contributed by atoms with Crippen molar-refractivity contribution in [2.45, 2.75) is 6.92 Å². The van der Waals surface area contributed by atoms with Crippen molar-refractivity contribution in [3.8, 4) is 0 Å². The third-order valence-electron chi connectivity index (χ3n) is 2.22. The Morgan fingerprint density at radius 3 is 1.75 bits per heavy atom. The van der Waals surface area contributed by atoms with E-state index in [0.717, 1.165) is 28.1 Å². The Morgan fingerprint density at radius 1 is 0.750 bits per heavy atom. The molecule has 0 saturated heterocycles. The lowest BCUT2D eigenvalue weighted by atomic mass is 10.1. The summed E-state index contributed by atoms with van der Waals surface area (Å²) in [5, 5.41) is 3.05. The lowest BCUT2D eigenvalue weighted by molar-refractivity contribution is 1.06. The molecule has 0 unspecified atom stereocenters. The standard InChI is InChI=1S/C19H23N/c1-8-9-10-18(6)20-19(7)14-13-17(5)16(4)12-11-15(2)3/h8-14,20H,1-2,4-7H2,3H3/b10-9-,12-11-,14-13-. The lowest BCUT2D eigenvalue weighted by Crippen LogP contribution is -2.07. The number of rotatable bonds is 9. The van der Waals surface area contributed by atoms with Crippen LogP contribution in [0.25, 0.3) is 0 Å². The Kier molecular flexibility index (Phi) is 8.20. The van der Waals surface area contributed by atoms with Gasteiger partial charge in [0.15, 0.2) is 0 Å². The van der Waals surface area contributed by atoms with Crippen molar-refractivity contribution in [3.63, 3.8) is 0 Å². The van der Waals surface area contributed by atoms with E-state index in [-0.39, 0.29) is 0 Å². The molecule has 1 nitrogen and oxygen atoms in total. The summed E-state index contributed by atoms with van der Waals surface area (Å²) < 4.78 is 0. The van der Waals surface area contributed by atoms with E-state index in [1.165, 1.54) is 0 Å². The fourth-order valence-electron chi connectivity index (χ4n) is 1.13. The Balaban J connectivity index is 4.45. The zero-order valence-electron chi connectivity index (χ0n) is 12.3. The van der Waals surface area contributed by atoms with Gasteiger partial charge in [0, 0.05) is 11.4 Å². The number of hydrogen-bond acceptors (Lipinski definition) is 1. The first kappa shape index (κ1) is 17.5. The highest BCUT2D eigenvalue weighted by atomic mass is 14.9. The molecule has 0 aliphatic rings. The highest BCUT2D eigenvalue weighted by Gasteiger charge is 1.93. The molecule has 0 aromatic carbocycles.